The number of hydrogen-bond acceptors (Lipinski definition) is 4. The van der Waals surface area contributed by atoms with E-state index in [1.165, 1.54) is 12.8 Å². The van der Waals surface area contributed by atoms with E-state index in [1.807, 2.05) is 25.1 Å². The molecule has 0 atom stereocenters. The van der Waals surface area contributed by atoms with Crippen LogP contribution in [0.4, 0.5) is 5.69 Å². The molecule has 0 bridgehead atoms. The van der Waals surface area contributed by atoms with Gasteiger partial charge in [-0.3, -0.25) is 10.1 Å². The minimum atomic E-state index is -0.397. The van der Waals surface area contributed by atoms with E-state index in [9.17, 15) is 10.1 Å². The quantitative estimate of drug-likeness (QED) is 0.466. The van der Waals surface area contributed by atoms with Gasteiger partial charge in [-0.05, 0) is 31.4 Å². The van der Waals surface area contributed by atoms with Crippen molar-refractivity contribution in [2.45, 2.75) is 32.4 Å². The van der Waals surface area contributed by atoms with Crippen molar-refractivity contribution in [1.29, 1.82) is 0 Å². The summed E-state index contributed by atoms with van der Waals surface area (Å²) in [6.07, 6.45) is 6.06. The highest BCUT2D eigenvalue weighted by Gasteiger charge is 2.21. The van der Waals surface area contributed by atoms with Crippen LogP contribution in [0.1, 0.15) is 25.3 Å². The first-order valence-electron chi connectivity index (χ1n) is 6.45. The third kappa shape index (κ3) is 4.06. The van der Waals surface area contributed by atoms with Gasteiger partial charge in [0, 0.05) is 18.7 Å². The number of nitro benzene ring substituents is 1. The van der Waals surface area contributed by atoms with Crippen LogP contribution in [0.3, 0.4) is 0 Å². The molecule has 2 rings (SSSR count). The molecule has 1 aliphatic rings. The van der Waals surface area contributed by atoms with Crippen LogP contribution in [0.5, 0.6) is 5.75 Å². The van der Waals surface area contributed by atoms with Gasteiger partial charge in [-0.15, -0.1) is 0 Å². The van der Waals surface area contributed by atoms with Crippen LogP contribution >= 0.6 is 0 Å². The van der Waals surface area contributed by atoms with Gasteiger partial charge in [0.15, 0.2) is 5.75 Å². The summed E-state index contributed by atoms with van der Waals surface area (Å²) in [5.74, 6) is 0.318. The Bertz CT molecular complexity index is 482. The van der Waals surface area contributed by atoms with E-state index < -0.39 is 4.92 Å². The lowest BCUT2D eigenvalue weighted by Crippen LogP contribution is -2.15. The molecule has 0 spiro atoms. The maximum absolute atomic E-state index is 11.0. The first-order chi connectivity index (χ1) is 9.20. The lowest BCUT2D eigenvalue weighted by atomic mass is 10.2. The Labute approximate surface area is 112 Å². The van der Waals surface area contributed by atoms with E-state index in [4.69, 9.17) is 4.74 Å². The summed E-state index contributed by atoms with van der Waals surface area (Å²) < 4.78 is 5.38. The number of ether oxygens (including phenoxy) is 1. The first-order valence-corrected chi connectivity index (χ1v) is 6.45. The lowest BCUT2D eigenvalue weighted by Gasteiger charge is -2.07. The molecule has 0 radical (unpaired) electrons. The second-order valence-electron chi connectivity index (χ2n) is 4.59. The molecule has 1 N–H and O–H groups in total. The van der Waals surface area contributed by atoms with E-state index in [0.717, 1.165) is 5.56 Å². The third-order valence-corrected chi connectivity index (χ3v) is 2.96. The Hall–Kier alpha value is -1.88. The van der Waals surface area contributed by atoms with Crippen LogP contribution in [-0.4, -0.2) is 17.6 Å². The Kier molecular flexibility index (Phi) is 4.52. The van der Waals surface area contributed by atoms with E-state index in [1.54, 1.807) is 12.1 Å². The van der Waals surface area contributed by atoms with Crippen LogP contribution in [-0.2, 0) is 6.54 Å². The molecular formula is C14H18N2O3. The monoisotopic (exact) mass is 262 g/mol. The van der Waals surface area contributed by atoms with Crippen molar-refractivity contribution in [3.63, 3.8) is 0 Å². The summed E-state index contributed by atoms with van der Waals surface area (Å²) in [7, 11) is 0. The van der Waals surface area contributed by atoms with Gasteiger partial charge >= 0.3 is 5.69 Å². The second-order valence-corrected chi connectivity index (χ2v) is 4.59. The smallest absolute Gasteiger partial charge is 0.311 e. The van der Waals surface area contributed by atoms with Gasteiger partial charge in [0.2, 0.25) is 0 Å². The molecule has 0 amide bonds. The van der Waals surface area contributed by atoms with Crippen molar-refractivity contribution in [2.24, 2.45) is 0 Å². The fourth-order valence-electron chi connectivity index (χ4n) is 1.72. The SMILES string of the molecule is C/C=C/COc1ccc(CNC2CC2)cc1[N+](=O)[O-]. The molecule has 0 aliphatic heterocycles. The summed E-state index contributed by atoms with van der Waals surface area (Å²) in [5, 5.41) is 14.4. The first kappa shape index (κ1) is 13.5. The highest BCUT2D eigenvalue weighted by Crippen LogP contribution is 2.28. The van der Waals surface area contributed by atoms with E-state index in [2.05, 4.69) is 5.32 Å². The van der Waals surface area contributed by atoms with Crippen molar-refractivity contribution in [3.05, 3.63) is 46.0 Å². The van der Waals surface area contributed by atoms with Gasteiger partial charge in [-0.1, -0.05) is 18.2 Å². The van der Waals surface area contributed by atoms with Crippen LogP contribution < -0.4 is 10.1 Å². The fraction of sp³-hybridized carbons (Fsp3) is 0.429. The minimum absolute atomic E-state index is 0.0274. The molecule has 102 valence electrons. The van der Waals surface area contributed by atoms with Crippen LogP contribution in [0.2, 0.25) is 0 Å². The number of benzene rings is 1. The van der Waals surface area contributed by atoms with Gasteiger partial charge < -0.3 is 10.1 Å². The molecule has 0 saturated heterocycles. The third-order valence-electron chi connectivity index (χ3n) is 2.96. The Morgan fingerprint density at radius 1 is 1.53 bits per heavy atom. The Morgan fingerprint density at radius 3 is 2.95 bits per heavy atom. The van der Waals surface area contributed by atoms with Crippen molar-refractivity contribution in [1.82, 2.24) is 5.32 Å². The maximum Gasteiger partial charge on any atom is 0.311 e. The zero-order chi connectivity index (χ0) is 13.7. The van der Waals surface area contributed by atoms with E-state index in [0.29, 0.717) is 24.9 Å². The fourth-order valence-corrected chi connectivity index (χ4v) is 1.72. The Morgan fingerprint density at radius 2 is 2.32 bits per heavy atom. The van der Waals surface area contributed by atoms with E-state index >= 15 is 0 Å². The van der Waals surface area contributed by atoms with Crippen molar-refractivity contribution in [3.8, 4) is 5.75 Å². The largest absolute Gasteiger partial charge is 0.483 e. The van der Waals surface area contributed by atoms with Crippen molar-refractivity contribution in [2.75, 3.05) is 6.61 Å². The summed E-state index contributed by atoms with van der Waals surface area (Å²) >= 11 is 0. The zero-order valence-corrected chi connectivity index (χ0v) is 11.0. The van der Waals surface area contributed by atoms with Gasteiger partial charge in [0.25, 0.3) is 0 Å². The number of nitrogens with zero attached hydrogens (tertiary/aromatic N) is 1. The number of hydrogen-bond donors (Lipinski definition) is 1. The molecule has 19 heavy (non-hydrogen) atoms. The van der Waals surface area contributed by atoms with Crippen LogP contribution in [0.25, 0.3) is 0 Å². The predicted molar refractivity (Wildman–Crippen MR) is 73.3 cm³/mol. The molecule has 5 nitrogen and oxygen atoms in total. The maximum atomic E-state index is 11.0. The highest BCUT2D eigenvalue weighted by atomic mass is 16.6. The van der Waals surface area contributed by atoms with E-state index in [-0.39, 0.29) is 5.69 Å². The van der Waals surface area contributed by atoms with Crippen molar-refractivity contribution >= 4 is 5.69 Å². The highest BCUT2D eigenvalue weighted by molar-refractivity contribution is 5.48. The average molecular weight is 262 g/mol. The molecule has 0 heterocycles. The lowest BCUT2D eigenvalue weighted by molar-refractivity contribution is -0.385. The molecule has 1 saturated carbocycles. The summed E-state index contributed by atoms with van der Waals surface area (Å²) in [5.41, 5.74) is 0.941. The second kappa shape index (κ2) is 6.33. The molecule has 0 aromatic heterocycles. The standard InChI is InChI=1S/C14H18N2O3/c1-2-3-8-19-14-7-4-11(9-13(14)16(17)18)10-15-12-5-6-12/h2-4,7,9,12,15H,5-6,8,10H2,1H3/b3-2+. The zero-order valence-electron chi connectivity index (χ0n) is 11.0. The topological polar surface area (TPSA) is 64.4 Å². The van der Waals surface area contributed by atoms with Crippen LogP contribution in [0.15, 0.2) is 30.4 Å². The molecule has 5 heteroatoms. The molecule has 1 fully saturated rings. The summed E-state index contributed by atoms with van der Waals surface area (Å²) in [4.78, 5) is 10.6. The van der Waals surface area contributed by atoms with Gasteiger partial charge in [-0.25, -0.2) is 0 Å². The Balaban J connectivity index is 2.06. The minimum Gasteiger partial charge on any atom is -0.483 e. The van der Waals surface area contributed by atoms with Gasteiger partial charge in [-0.2, -0.15) is 0 Å². The number of nitro groups is 1. The molecule has 1 aliphatic carbocycles. The van der Waals surface area contributed by atoms with Crippen LogP contribution in [0, 0.1) is 10.1 Å². The average Bonchev–Trinajstić information content (AvgIpc) is 3.21. The summed E-state index contributed by atoms with van der Waals surface area (Å²) in [6.45, 7) is 2.89. The normalized spacial score (nSPS) is 14.8. The molecular weight excluding hydrogens is 244 g/mol. The molecule has 0 unspecified atom stereocenters. The number of nitrogens with one attached hydrogen (secondary N) is 1. The van der Waals surface area contributed by atoms with Crippen molar-refractivity contribution < 1.29 is 9.66 Å². The van der Waals surface area contributed by atoms with Gasteiger partial charge in [0.1, 0.15) is 6.61 Å². The molecule has 1 aromatic rings. The number of rotatable bonds is 7. The van der Waals surface area contributed by atoms with Gasteiger partial charge in [0.05, 0.1) is 4.92 Å². The number of allylic oxidation sites excluding steroid dienone is 1. The molecule has 1 aromatic carbocycles. The predicted octanol–water partition coefficient (Wildman–Crippen LogP) is 2.80. The summed E-state index contributed by atoms with van der Waals surface area (Å²) in [6, 6.07) is 5.71.